The van der Waals surface area contributed by atoms with E-state index < -0.39 is 5.97 Å². The van der Waals surface area contributed by atoms with Gasteiger partial charge in [0.25, 0.3) is 0 Å². The molecule has 3 nitrogen and oxygen atoms in total. The summed E-state index contributed by atoms with van der Waals surface area (Å²) in [6.07, 6.45) is 0. The highest BCUT2D eigenvalue weighted by Gasteiger charge is 2.11. The van der Waals surface area contributed by atoms with Gasteiger partial charge in [0.1, 0.15) is 5.75 Å². The van der Waals surface area contributed by atoms with Crippen LogP contribution in [0.4, 0.5) is 0 Å². The maximum atomic E-state index is 10.9. The van der Waals surface area contributed by atoms with Crippen LogP contribution in [-0.4, -0.2) is 17.7 Å². The number of benzene rings is 1. The second-order valence-electron chi connectivity index (χ2n) is 4.44. The number of carboxylic acids is 1. The molecule has 0 amide bonds. The molecule has 0 fully saturated rings. The number of rotatable bonds is 4. The minimum absolute atomic E-state index is 0.342. The molecule has 0 aliphatic rings. The molecule has 0 saturated carbocycles. The molecule has 0 aliphatic carbocycles. The van der Waals surface area contributed by atoms with Gasteiger partial charge in [0.15, 0.2) is 0 Å². The Kier molecular flexibility index (Phi) is 3.93. The highest BCUT2D eigenvalue weighted by atomic mass is 16.5. The van der Waals surface area contributed by atoms with E-state index in [9.17, 15) is 4.79 Å². The van der Waals surface area contributed by atoms with Crippen molar-refractivity contribution < 1.29 is 14.6 Å². The fourth-order valence-corrected chi connectivity index (χ4v) is 1.43. The molecule has 1 rings (SSSR count). The van der Waals surface area contributed by atoms with E-state index in [1.54, 1.807) is 19.1 Å². The topological polar surface area (TPSA) is 46.5 Å². The molecule has 0 atom stereocenters. The molecular weight excluding hydrogens is 204 g/mol. The van der Waals surface area contributed by atoms with Gasteiger partial charge in [0.2, 0.25) is 0 Å². The maximum Gasteiger partial charge on any atom is 0.335 e. The molecule has 1 aromatic rings. The molecule has 0 heterocycles. The number of aryl methyl sites for hydroxylation is 2. The first-order chi connectivity index (χ1) is 7.41. The summed E-state index contributed by atoms with van der Waals surface area (Å²) in [7, 11) is 0. The van der Waals surface area contributed by atoms with Gasteiger partial charge in [-0.1, -0.05) is 13.8 Å². The second-order valence-corrected chi connectivity index (χ2v) is 4.44. The van der Waals surface area contributed by atoms with Gasteiger partial charge in [-0.2, -0.15) is 0 Å². The van der Waals surface area contributed by atoms with Crippen LogP contribution in [0.3, 0.4) is 0 Å². The largest absolute Gasteiger partial charge is 0.493 e. The van der Waals surface area contributed by atoms with Crippen LogP contribution >= 0.6 is 0 Å². The van der Waals surface area contributed by atoms with Crippen molar-refractivity contribution in [3.63, 3.8) is 0 Å². The van der Waals surface area contributed by atoms with Gasteiger partial charge < -0.3 is 9.84 Å². The number of hydrogen-bond acceptors (Lipinski definition) is 2. The molecule has 1 N–H and O–H groups in total. The third-order valence-corrected chi connectivity index (χ3v) is 2.32. The smallest absolute Gasteiger partial charge is 0.335 e. The van der Waals surface area contributed by atoms with Crippen LogP contribution in [0, 0.1) is 19.8 Å². The van der Waals surface area contributed by atoms with Crippen molar-refractivity contribution in [3.05, 3.63) is 28.8 Å². The van der Waals surface area contributed by atoms with Crippen molar-refractivity contribution in [1.82, 2.24) is 0 Å². The fourth-order valence-electron chi connectivity index (χ4n) is 1.43. The lowest BCUT2D eigenvalue weighted by Crippen LogP contribution is -2.07. The van der Waals surface area contributed by atoms with Crippen molar-refractivity contribution >= 4 is 5.97 Å². The lowest BCUT2D eigenvalue weighted by Gasteiger charge is -2.13. The van der Waals surface area contributed by atoms with Crippen molar-refractivity contribution in [1.29, 1.82) is 0 Å². The Labute approximate surface area is 96.1 Å². The summed E-state index contributed by atoms with van der Waals surface area (Å²) in [5, 5.41) is 8.96. The van der Waals surface area contributed by atoms with E-state index in [4.69, 9.17) is 9.84 Å². The molecule has 88 valence electrons. The first kappa shape index (κ1) is 12.6. The second kappa shape index (κ2) is 5.01. The molecule has 16 heavy (non-hydrogen) atoms. The predicted molar refractivity (Wildman–Crippen MR) is 63.2 cm³/mol. The van der Waals surface area contributed by atoms with Crippen LogP contribution in [-0.2, 0) is 0 Å². The zero-order chi connectivity index (χ0) is 12.3. The molecule has 0 unspecified atom stereocenters. The van der Waals surface area contributed by atoms with E-state index in [-0.39, 0.29) is 0 Å². The van der Waals surface area contributed by atoms with Crippen LogP contribution in [0.5, 0.6) is 5.75 Å². The lowest BCUT2D eigenvalue weighted by atomic mass is 10.0. The van der Waals surface area contributed by atoms with Crippen molar-refractivity contribution in [2.24, 2.45) is 5.92 Å². The summed E-state index contributed by atoms with van der Waals surface area (Å²) in [6, 6.07) is 3.45. The summed E-state index contributed by atoms with van der Waals surface area (Å²) < 4.78 is 5.62. The molecule has 0 radical (unpaired) electrons. The predicted octanol–water partition coefficient (Wildman–Crippen LogP) is 3.04. The van der Waals surface area contributed by atoms with Gasteiger partial charge in [-0.25, -0.2) is 4.79 Å². The van der Waals surface area contributed by atoms with Crippen LogP contribution < -0.4 is 4.74 Å². The van der Waals surface area contributed by atoms with Crippen molar-refractivity contribution in [2.75, 3.05) is 6.61 Å². The average molecular weight is 222 g/mol. The molecule has 0 aliphatic heterocycles. The number of carboxylic acid groups (broad SMARTS) is 1. The Morgan fingerprint density at radius 2 is 1.94 bits per heavy atom. The van der Waals surface area contributed by atoms with E-state index in [1.165, 1.54) is 0 Å². The average Bonchev–Trinajstić information content (AvgIpc) is 2.18. The number of ether oxygens (including phenoxy) is 1. The zero-order valence-corrected chi connectivity index (χ0v) is 10.2. The van der Waals surface area contributed by atoms with E-state index in [1.807, 2.05) is 6.92 Å². The standard InChI is InChI=1S/C13H18O3/c1-8(2)7-16-12-6-9(3)11(13(14)15)5-10(12)4/h5-6,8H,7H2,1-4H3,(H,14,15). The summed E-state index contributed by atoms with van der Waals surface area (Å²) in [5.74, 6) is 0.339. The van der Waals surface area contributed by atoms with Crippen molar-refractivity contribution in [3.8, 4) is 5.75 Å². The lowest BCUT2D eigenvalue weighted by molar-refractivity contribution is 0.0696. The minimum Gasteiger partial charge on any atom is -0.493 e. The third kappa shape index (κ3) is 2.99. The Morgan fingerprint density at radius 1 is 1.31 bits per heavy atom. The first-order valence-electron chi connectivity index (χ1n) is 5.39. The Bertz CT molecular complexity index is 394. The van der Waals surface area contributed by atoms with Crippen LogP contribution in [0.2, 0.25) is 0 Å². The molecule has 0 aromatic heterocycles. The van der Waals surface area contributed by atoms with Gasteiger partial charge in [-0.05, 0) is 43.0 Å². The van der Waals surface area contributed by atoms with Crippen LogP contribution in [0.15, 0.2) is 12.1 Å². The van der Waals surface area contributed by atoms with Gasteiger partial charge in [-0.3, -0.25) is 0 Å². The molecule has 1 aromatic carbocycles. The minimum atomic E-state index is -0.893. The quantitative estimate of drug-likeness (QED) is 0.851. The summed E-state index contributed by atoms with van der Waals surface area (Å²) >= 11 is 0. The third-order valence-electron chi connectivity index (χ3n) is 2.32. The van der Waals surface area contributed by atoms with Crippen LogP contribution in [0.1, 0.15) is 35.3 Å². The highest BCUT2D eigenvalue weighted by molar-refractivity contribution is 5.89. The van der Waals surface area contributed by atoms with E-state index in [2.05, 4.69) is 13.8 Å². The maximum absolute atomic E-state index is 10.9. The first-order valence-corrected chi connectivity index (χ1v) is 5.39. The van der Waals surface area contributed by atoms with Crippen LogP contribution in [0.25, 0.3) is 0 Å². The Hall–Kier alpha value is -1.51. The normalized spacial score (nSPS) is 10.6. The van der Waals surface area contributed by atoms with Gasteiger partial charge in [0.05, 0.1) is 12.2 Å². The summed E-state index contributed by atoms with van der Waals surface area (Å²) in [5.41, 5.74) is 1.94. The van der Waals surface area contributed by atoms with E-state index in [0.29, 0.717) is 18.1 Å². The van der Waals surface area contributed by atoms with E-state index >= 15 is 0 Å². The monoisotopic (exact) mass is 222 g/mol. The Balaban J connectivity index is 2.96. The molecular formula is C13H18O3. The number of hydrogen-bond donors (Lipinski definition) is 1. The van der Waals surface area contributed by atoms with E-state index in [0.717, 1.165) is 16.9 Å². The van der Waals surface area contributed by atoms with Gasteiger partial charge in [-0.15, -0.1) is 0 Å². The molecule has 0 bridgehead atoms. The number of carbonyl (C=O) groups is 1. The highest BCUT2D eigenvalue weighted by Crippen LogP contribution is 2.23. The molecule has 3 heteroatoms. The van der Waals surface area contributed by atoms with Gasteiger partial charge >= 0.3 is 5.97 Å². The summed E-state index contributed by atoms with van der Waals surface area (Å²) in [6.45, 7) is 8.45. The SMILES string of the molecule is Cc1cc(C(=O)O)c(C)cc1OCC(C)C. The molecule has 0 saturated heterocycles. The van der Waals surface area contributed by atoms with Crippen molar-refractivity contribution in [2.45, 2.75) is 27.7 Å². The molecule has 0 spiro atoms. The fraction of sp³-hybridized carbons (Fsp3) is 0.462. The number of aromatic carboxylic acids is 1. The summed E-state index contributed by atoms with van der Waals surface area (Å²) in [4.78, 5) is 10.9. The zero-order valence-electron chi connectivity index (χ0n) is 10.2. The van der Waals surface area contributed by atoms with Gasteiger partial charge in [0, 0.05) is 0 Å². The Morgan fingerprint density at radius 3 is 2.44 bits per heavy atom.